The van der Waals surface area contributed by atoms with Crippen molar-refractivity contribution in [1.29, 1.82) is 0 Å². The van der Waals surface area contributed by atoms with Crippen LogP contribution < -0.4 is 15.4 Å². The molecule has 0 saturated heterocycles. The zero-order valence-corrected chi connectivity index (χ0v) is 13.3. The highest BCUT2D eigenvalue weighted by Gasteiger charge is 2.10. The minimum absolute atomic E-state index is 0.440. The van der Waals surface area contributed by atoms with Crippen molar-refractivity contribution in [2.24, 2.45) is 0 Å². The molecule has 2 aromatic rings. The number of methoxy groups -OCH3 is 1. The van der Waals surface area contributed by atoms with Gasteiger partial charge in [-0.2, -0.15) is 0 Å². The number of hydrogen-bond donors (Lipinski definition) is 2. The van der Waals surface area contributed by atoms with E-state index in [1.165, 1.54) is 0 Å². The Hall–Kier alpha value is -1.81. The third-order valence-electron chi connectivity index (χ3n) is 3.51. The first kappa shape index (κ1) is 15.6. The number of pyridine rings is 1. The van der Waals surface area contributed by atoms with Crippen LogP contribution in [-0.4, -0.2) is 30.7 Å². The van der Waals surface area contributed by atoms with E-state index in [0.29, 0.717) is 12.1 Å². The molecule has 0 aliphatic carbocycles. The summed E-state index contributed by atoms with van der Waals surface area (Å²) in [5.41, 5.74) is 2.01. The number of anilines is 1. The predicted octanol–water partition coefficient (Wildman–Crippen LogP) is 3.43. The molecule has 4 nitrogen and oxygen atoms in total. The van der Waals surface area contributed by atoms with Gasteiger partial charge in [0.1, 0.15) is 5.75 Å². The van der Waals surface area contributed by atoms with Crippen molar-refractivity contribution < 1.29 is 4.74 Å². The van der Waals surface area contributed by atoms with E-state index in [2.05, 4.69) is 42.5 Å². The van der Waals surface area contributed by atoms with E-state index in [4.69, 9.17) is 4.74 Å². The molecule has 0 aliphatic rings. The number of benzene rings is 1. The van der Waals surface area contributed by atoms with Crippen LogP contribution in [0, 0.1) is 0 Å². The molecule has 0 fully saturated rings. The summed E-state index contributed by atoms with van der Waals surface area (Å²) in [6.45, 7) is 7.41. The third-order valence-corrected chi connectivity index (χ3v) is 3.51. The van der Waals surface area contributed by atoms with Crippen LogP contribution >= 0.6 is 0 Å². The van der Waals surface area contributed by atoms with Crippen LogP contribution in [0.1, 0.15) is 27.2 Å². The number of hydrogen-bond acceptors (Lipinski definition) is 4. The van der Waals surface area contributed by atoms with E-state index in [0.717, 1.165) is 35.3 Å². The maximum absolute atomic E-state index is 5.38. The molecular formula is C17H25N3O. The fraction of sp³-hybridized carbons (Fsp3) is 0.471. The minimum Gasteiger partial charge on any atom is -0.497 e. The van der Waals surface area contributed by atoms with Gasteiger partial charge in [-0.05, 0) is 18.6 Å². The summed E-state index contributed by atoms with van der Waals surface area (Å²) in [6, 6.07) is 8.95. The van der Waals surface area contributed by atoms with Gasteiger partial charge in [-0.25, -0.2) is 0 Å². The van der Waals surface area contributed by atoms with Gasteiger partial charge in [-0.1, -0.05) is 26.8 Å². The predicted molar refractivity (Wildman–Crippen MR) is 89.1 cm³/mol. The third kappa shape index (κ3) is 4.08. The molecule has 0 bridgehead atoms. The maximum atomic E-state index is 5.38. The Kier molecular flexibility index (Phi) is 5.39. The highest BCUT2D eigenvalue weighted by molar-refractivity contribution is 5.91. The Morgan fingerprint density at radius 3 is 2.76 bits per heavy atom. The van der Waals surface area contributed by atoms with Gasteiger partial charge in [0.2, 0.25) is 0 Å². The minimum atomic E-state index is 0.440. The molecule has 0 saturated carbocycles. The first-order chi connectivity index (χ1) is 10.1. The summed E-state index contributed by atoms with van der Waals surface area (Å²) in [4.78, 5) is 4.48. The van der Waals surface area contributed by atoms with Gasteiger partial charge < -0.3 is 15.4 Å². The largest absolute Gasteiger partial charge is 0.497 e. The molecule has 114 valence electrons. The molecule has 1 aromatic heterocycles. The van der Waals surface area contributed by atoms with Crippen molar-refractivity contribution in [3.8, 4) is 5.75 Å². The monoisotopic (exact) mass is 287 g/mol. The maximum Gasteiger partial charge on any atom is 0.121 e. The van der Waals surface area contributed by atoms with Crippen molar-refractivity contribution in [1.82, 2.24) is 10.3 Å². The second-order valence-corrected chi connectivity index (χ2v) is 5.56. The molecule has 1 atom stereocenters. The highest BCUT2D eigenvalue weighted by Crippen LogP contribution is 2.27. The summed E-state index contributed by atoms with van der Waals surface area (Å²) in [7, 11) is 1.69. The summed E-state index contributed by atoms with van der Waals surface area (Å²) < 4.78 is 5.38. The number of fused-ring (bicyclic) bond motifs is 1. The first-order valence-corrected chi connectivity index (χ1v) is 7.56. The van der Waals surface area contributed by atoms with Gasteiger partial charge in [-0.3, -0.25) is 4.98 Å². The lowest BCUT2D eigenvalue weighted by molar-refractivity contribution is 0.415. The lowest BCUT2D eigenvalue weighted by Gasteiger charge is -2.21. The van der Waals surface area contributed by atoms with Gasteiger partial charge >= 0.3 is 0 Å². The quantitative estimate of drug-likeness (QED) is 0.819. The second-order valence-electron chi connectivity index (χ2n) is 5.56. The van der Waals surface area contributed by atoms with Crippen molar-refractivity contribution in [2.45, 2.75) is 39.3 Å². The Labute approximate surface area is 126 Å². The molecule has 2 rings (SSSR count). The first-order valence-electron chi connectivity index (χ1n) is 7.56. The van der Waals surface area contributed by atoms with Crippen LogP contribution in [0.15, 0.2) is 30.5 Å². The van der Waals surface area contributed by atoms with E-state index in [-0.39, 0.29) is 0 Å². The van der Waals surface area contributed by atoms with Gasteiger partial charge in [-0.15, -0.1) is 0 Å². The Balaban J connectivity index is 2.20. The Morgan fingerprint density at radius 2 is 2.10 bits per heavy atom. The summed E-state index contributed by atoms with van der Waals surface area (Å²) >= 11 is 0. The van der Waals surface area contributed by atoms with Crippen LogP contribution in [0.2, 0.25) is 0 Å². The van der Waals surface area contributed by atoms with E-state index in [1.54, 1.807) is 7.11 Å². The highest BCUT2D eigenvalue weighted by atomic mass is 16.5. The fourth-order valence-corrected chi connectivity index (χ4v) is 2.44. The summed E-state index contributed by atoms with van der Waals surface area (Å²) in [5.74, 6) is 0.850. The van der Waals surface area contributed by atoms with Crippen LogP contribution in [-0.2, 0) is 0 Å². The molecule has 0 unspecified atom stereocenters. The van der Waals surface area contributed by atoms with Crippen molar-refractivity contribution in [2.75, 3.05) is 19.0 Å². The Bertz CT molecular complexity index is 583. The zero-order valence-electron chi connectivity index (χ0n) is 13.3. The number of aromatic nitrogens is 1. The van der Waals surface area contributed by atoms with Crippen LogP contribution in [0.5, 0.6) is 5.75 Å². The van der Waals surface area contributed by atoms with Crippen LogP contribution in [0.4, 0.5) is 5.69 Å². The van der Waals surface area contributed by atoms with Crippen molar-refractivity contribution >= 4 is 16.6 Å². The Morgan fingerprint density at radius 1 is 1.29 bits per heavy atom. The standard InChI is InChI=1S/C17H25N3O/c1-5-14(20-12(2)3)11-19-16-10-15(21-4)9-13-7-6-8-18-17(13)16/h6-10,12,14,19-20H,5,11H2,1-4H3/t14-/m0/s1. The molecule has 0 radical (unpaired) electrons. The van der Waals surface area contributed by atoms with E-state index in [9.17, 15) is 0 Å². The zero-order chi connectivity index (χ0) is 15.2. The smallest absolute Gasteiger partial charge is 0.121 e. The number of nitrogens with one attached hydrogen (secondary N) is 2. The topological polar surface area (TPSA) is 46.2 Å². The van der Waals surface area contributed by atoms with Gasteiger partial charge in [0.05, 0.1) is 18.3 Å². The summed E-state index contributed by atoms with van der Waals surface area (Å²) in [5, 5.41) is 8.16. The normalized spacial score (nSPS) is 12.6. The van der Waals surface area contributed by atoms with E-state index >= 15 is 0 Å². The molecule has 2 N–H and O–H groups in total. The lowest BCUT2D eigenvalue weighted by atomic mass is 10.1. The number of ether oxygens (including phenoxy) is 1. The molecule has 0 spiro atoms. The molecule has 0 amide bonds. The second kappa shape index (κ2) is 7.27. The summed E-state index contributed by atoms with van der Waals surface area (Å²) in [6.07, 6.45) is 2.91. The molecule has 1 aromatic carbocycles. The SMILES string of the molecule is CC[C@@H](CNc1cc(OC)cc2cccnc12)NC(C)C. The van der Waals surface area contributed by atoms with E-state index < -0.39 is 0 Å². The average molecular weight is 287 g/mol. The average Bonchev–Trinajstić information content (AvgIpc) is 2.50. The van der Waals surface area contributed by atoms with Crippen molar-refractivity contribution in [3.63, 3.8) is 0 Å². The van der Waals surface area contributed by atoms with Gasteiger partial charge in [0.15, 0.2) is 0 Å². The lowest BCUT2D eigenvalue weighted by Crippen LogP contribution is -2.39. The molecule has 0 aliphatic heterocycles. The fourth-order valence-electron chi connectivity index (χ4n) is 2.44. The molecule has 21 heavy (non-hydrogen) atoms. The number of rotatable bonds is 7. The molecule has 1 heterocycles. The molecular weight excluding hydrogens is 262 g/mol. The van der Waals surface area contributed by atoms with Crippen molar-refractivity contribution in [3.05, 3.63) is 30.5 Å². The van der Waals surface area contributed by atoms with Crippen LogP contribution in [0.25, 0.3) is 10.9 Å². The molecule has 4 heteroatoms. The van der Waals surface area contributed by atoms with E-state index in [1.807, 2.05) is 24.4 Å². The van der Waals surface area contributed by atoms with Crippen LogP contribution in [0.3, 0.4) is 0 Å². The number of nitrogens with zero attached hydrogens (tertiary/aromatic N) is 1. The van der Waals surface area contributed by atoms with Gasteiger partial charge in [0.25, 0.3) is 0 Å². The van der Waals surface area contributed by atoms with Gasteiger partial charge in [0, 0.05) is 36.3 Å².